The van der Waals surface area contributed by atoms with Crippen LogP contribution in [0.3, 0.4) is 0 Å². The molecule has 0 bridgehead atoms. The Morgan fingerprint density at radius 3 is 2.38 bits per heavy atom. The number of rotatable bonds is 4. The second-order valence-corrected chi connectivity index (χ2v) is 4.40. The number of nitrogens with two attached hydrogens (primary N) is 1. The molecule has 0 aliphatic carbocycles. The Morgan fingerprint density at radius 2 is 1.88 bits per heavy atom. The molecule has 1 aromatic carbocycles. The lowest BCUT2D eigenvalue weighted by Crippen LogP contribution is -2.05. The minimum absolute atomic E-state index is 0.513. The van der Waals surface area contributed by atoms with Crippen molar-refractivity contribution in [3.05, 3.63) is 33.8 Å². The zero-order valence-corrected chi connectivity index (χ0v) is 10.2. The molecule has 0 radical (unpaired) electrons. The van der Waals surface area contributed by atoms with Crippen molar-refractivity contribution in [3.63, 3.8) is 0 Å². The van der Waals surface area contributed by atoms with Gasteiger partial charge in [0, 0.05) is 4.47 Å². The molecular weight excluding hydrogens is 283 g/mol. The van der Waals surface area contributed by atoms with E-state index in [2.05, 4.69) is 15.9 Å². The molecule has 0 unspecified atom stereocenters. The summed E-state index contributed by atoms with van der Waals surface area (Å²) in [5.41, 5.74) is 5.62. The standard InChI is InChI=1S/C11H13BrF3N/c12-10-7-9(11(13,14)15)5-4-8(10)3-1-2-6-16/h4-5,7H,1-3,6,16H2. The number of benzene rings is 1. The third-order valence-corrected chi connectivity index (χ3v) is 3.02. The van der Waals surface area contributed by atoms with Gasteiger partial charge in [-0.05, 0) is 43.5 Å². The average molecular weight is 296 g/mol. The van der Waals surface area contributed by atoms with Crippen molar-refractivity contribution in [2.24, 2.45) is 5.73 Å². The summed E-state index contributed by atoms with van der Waals surface area (Å²) >= 11 is 3.16. The molecule has 0 saturated heterocycles. The van der Waals surface area contributed by atoms with Gasteiger partial charge in [-0.25, -0.2) is 0 Å². The van der Waals surface area contributed by atoms with Crippen molar-refractivity contribution in [2.45, 2.75) is 25.4 Å². The van der Waals surface area contributed by atoms with Gasteiger partial charge < -0.3 is 5.73 Å². The Hall–Kier alpha value is -0.550. The van der Waals surface area contributed by atoms with Crippen LogP contribution in [-0.4, -0.2) is 6.54 Å². The van der Waals surface area contributed by atoms with E-state index in [9.17, 15) is 13.2 Å². The van der Waals surface area contributed by atoms with Crippen molar-refractivity contribution < 1.29 is 13.2 Å². The molecule has 0 atom stereocenters. The summed E-state index contributed by atoms with van der Waals surface area (Å²) < 4.78 is 37.6. The Labute approximate surface area is 101 Å². The number of alkyl halides is 3. The van der Waals surface area contributed by atoms with Gasteiger partial charge in [0.2, 0.25) is 0 Å². The molecule has 0 amide bonds. The van der Waals surface area contributed by atoms with E-state index < -0.39 is 11.7 Å². The van der Waals surface area contributed by atoms with Gasteiger partial charge in [-0.15, -0.1) is 0 Å². The molecule has 0 heterocycles. The molecule has 2 N–H and O–H groups in total. The van der Waals surface area contributed by atoms with Crippen molar-refractivity contribution in [1.82, 2.24) is 0 Å². The third-order valence-electron chi connectivity index (χ3n) is 2.28. The molecule has 0 aliphatic heterocycles. The SMILES string of the molecule is NCCCCc1ccc(C(F)(F)F)cc1Br. The molecule has 16 heavy (non-hydrogen) atoms. The normalized spacial score (nSPS) is 11.8. The van der Waals surface area contributed by atoms with Crippen LogP contribution in [0.4, 0.5) is 13.2 Å². The van der Waals surface area contributed by atoms with E-state index in [1.165, 1.54) is 6.07 Å². The summed E-state index contributed by atoms with van der Waals surface area (Å²) in [5.74, 6) is 0. The molecule has 1 nitrogen and oxygen atoms in total. The fraction of sp³-hybridized carbons (Fsp3) is 0.455. The average Bonchev–Trinajstić information content (AvgIpc) is 2.19. The summed E-state index contributed by atoms with van der Waals surface area (Å²) in [5, 5.41) is 0. The first-order valence-electron chi connectivity index (χ1n) is 5.01. The highest BCUT2D eigenvalue weighted by molar-refractivity contribution is 9.10. The molecule has 90 valence electrons. The van der Waals surface area contributed by atoms with Crippen LogP contribution in [0.5, 0.6) is 0 Å². The Kier molecular flexibility index (Phi) is 4.80. The van der Waals surface area contributed by atoms with Gasteiger partial charge in [0.1, 0.15) is 0 Å². The zero-order chi connectivity index (χ0) is 12.2. The topological polar surface area (TPSA) is 26.0 Å². The molecule has 0 saturated carbocycles. The van der Waals surface area contributed by atoms with Crippen LogP contribution in [0, 0.1) is 0 Å². The number of hydrogen-bond acceptors (Lipinski definition) is 1. The van der Waals surface area contributed by atoms with Gasteiger partial charge in [0.05, 0.1) is 5.56 Å². The predicted octanol–water partition coefficient (Wildman–Crippen LogP) is 3.75. The molecule has 0 aromatic heterocycles. The fourth-order valence-electron chi connectivity index (χ4n) is 1.39. The highest BCUT2D eigenvalue weighted by atomic mass is 79.9. The molecule has 0 aliphatic rings. The van der Waals surface area contributed by atoms with Crippen molar-refractivity contribution in [3.8, 4) is 0 Å². The van der Waals surface area contributed by atoms with Gasteiger partial charge in [-0.1, -0.05) is 22.0 Å². The summed E-state index contributed by atoms with van der Waals surface area (Å²) in [6, 6.07) is 3.75. The van der Waals surface area contributed by atoms with Crippen molar-refractivity contribution in [2.75, 3.05) is 6.54 Å². The third kappa shape index (κ3) is 3.79. The quantitative estimate of drug-likeness (QED) is 0.841. The van der Waals surface area contributed by atoms with E-state index in [1.54, 1.807) is 0 Å². The van der Waals surface area contributed by atoms with Crippen LogP contribution < -0.4 is 5.73 Å². The smallest absolute Gasteiger partial charge is 0.330 e. The summed E-state index contributed by atoms with van der Waals surface area (Å²) in [6.07, 6.45) is -1.76. The monoisotopic (exact) mass is 295 g/mol. The summed E-state index contributed by atoms with van der Waals surface area (Å²) in [6.45, 7) is 0.609. The molecular formula is C11H13BrF3N. The number of halogens is 4. The first-order chi connectivity index (χ1) is 7.45. The Bertz CT molecular complexity index is 350. The first-order valence-corrected chi connectivity index (χ1v) is 5.80. The van der Waals surface area contributed by atoms with Crippen LogP contribution in [0.25, 0.3) is 0 Å². The second kappa shape index (κ2) is 5.68. The lowest BCUT2D eigenvalue weighted by Gasteiger charge is -2.09. The second-order valence-electron chi connectivity index (χ2n) is 3.55. The lowest BCUT2D eigenvalue weighted by atomic mass is 10.1. The Balaban J connectivity index is 2.76. The highest BCUT2D eigenvalue weighted by Crippen LogP contribution is 2.32. The van der Waals surface area contributed by atoms with Gasteiger partial charge in [-0.2, -0.15) is 13.2 Å². The van der Waals surface area contributed by atoms with E-state index >= 15 is 0 Å². The van der Waals surface area contributed by atoms with E-state index in [0.29, 0.717) is 11.0 Å². The maximum absolute atomic E-state index is 12.4. The summed E-state index contributed by atoms with van der Waals surface area (Å²) in [7, 11) is 0. The van der Waals surface area contributed by atoms with Gasteiger partial charge in [-0.3, -0.25) is 0 Å². The number of hydrogen-bond donors (Lipinski definition) is 1. The zero-order valence-electron chi connectivity index (χ0n) is 8.65. The maximum atomic E-state index is 12.4. The van der Waals surface area contributed by atoms with Crippen molar-refractivity contribution in [1.29, 1.82) is 0 Å². The number of aryl methyl sites for hydroxylation is 1. The van der Waals surface area contributed by atoms with Gasteiger partial charge in [0.15, 0.2) is 0 Å². The molecule has 1 rings (SSSR count). The van der Waals surface area contributed by atoms with Crippen LogP contribution >= 0.6 is 15.9 Å². The van der Waals surface area contributed by atoms with E-state index in [-0.39, 0.29) is 0 Å². The van der Waals surface area contributed by atoms with Gasteiger partial charge >= 0.3 is 6.18 Å². The fourth-order valence-corrected chi connectivity index (χ4v) is 1.96. The molecule has 1 aromatic rings. The van der Waals surface area contributed by atoms with Crippen LogP contribution in [-0.2, 0) is 12.6 Å². The minimum Gasteiger partial charge on any atom is -0.330 e. The van der Waals surface area contributed by atoms with Gasteiger partial charge in [0.25, 0.3) is 0 Å². The highest BCUT2D eigenvalue weighted by Gasteiger charge is 2.30. The predicted molar refractivity (Wildman–Crippen MR) is 61.1 cm³/mol. The lowest BCUT2D eigenvalue weighted by molar-refractivity contribution is -0.137. The van der Waals surface area contributed by atoms with E-state index in [4.69, 9.17) is 5.73 Å². The largest absolute Gasteiger partial charge is 0.416 e. The molecule has 0 fully saturated rings. The maximum Gasteiger partial charge on any atom is 0.416 e. The summed E-state index contributed by atoms with van der Waals surface area (Å²) in [4.78, 5) is 0. The minimum atomic E-state index is -4.28. The molecule has 5 heteroatoms. The Morgan fingerprint density at radius 1 is 1.19 bits per heavy atom. The van der Waals surface area contributed by atoms with Crippen LogP contribution in [0.1, 0.15) is 24.0 Å². The van der Waals surface area contributed by atoms with E-state index in [0.717, 1.165) is 37.0 Å². The van der Waals surface area contributed by atoms with Crippen LogP contribution in [0.15, 0.2) is 22.7 Å². The molecule has 0 spiro atoms. The van der Waals surface area contributed by atoms with Crippen molar-refractivity contribution >= 4 is 15.9 Å². The number of unbranched alkanes of at least 4 members (excludes halogenated alkanes) is 1. The van der Waals surface area contributed by atoms with Crippen LogP contribution in [0.2, 0.25) is 0 Å². The first kappa shape index (κ1) is 13.5. The van der Waals surface area contributed by atoms with E-state index in [1.807, 2.05) is 0 Å².